The zero-order valence-electron chi connectivity index (χ0n) is 20.4. The number of hydrogen-bond acceptors (Lipinski definition) is 5. The highest BCUT2D eigenvalue weighted by Crippen LogP contribution is 2.61. The van der Waals surface area contributed by atoms with Gasteiger partial charge in [-0.25, -0.2) is 9.97 Å². The highest BCUT2D eigenvalue weighted by Gasteiger charge is 2.52. The van der Waals surface area contributed by atoms with Crippen molar-refractivity contribution in [1.29, 1.82) is 0 Å². The lowest BCUT2D eigenvalue weighted by Crippen LogP contribution is -2.49. The normalized spacial score (nSPS) is 33.2. The van der Waals surface area contributed by atoms with E-state index < -0.39 is 0 Å². The third kappa shape index (κ3) is 3.74. The summed E-state index contributed by atoms with van der Waals surface area (Å²) >= 11 is 0. The van der Waals surface area contributed by atoms with Crippen LogP contribution in [0.3, 0.4) is 0 Å². The van der Waals surface area contributed by atoms with Crippen molar-refractivity contribution in [2.75, 3.05) is 35.8 Å². The number of nitrogen functional groups attached to an aromatic ring is 1. The number of fused-ring (bicyclic) bond motifs is 2. The zero-order valence-corrected chi connectivity index (χ0v) is 20.4. The molecule has 1 aromatic rings. The van der Waals surface area contributed by atoms with Crippen molar-refractivity contribution >= 4 is 17.3 Å². The van der Waals surface area contributed by atoms with Gasteiger partial charge < -0.3 is 15.5 Å². The van der Waals surface area contributed by atoms with Gasteiger partial charge in [0.2, 0.25) is 0 Å². The van der Waals surface area contributed by atoms with Crippen molar-refractivity contribution in [1.82, 2.24) is 9.97 Å². The van der Waals surface area contributed by atoms with Gasteiger partial charge >= 0.3 is 0 Å². The van der Waals surface area contributed by atoms with Gasteiger partial charge in [-0.05, 0) is 75.0 Å². The van der Waals surface area contributed by atoms with Crippen LogP contribution in [0, 0.1) is 22.7 Å². The Bertz CT molecular complexity index is 890. The standard InChI is InChI=1S/C26H41N5/c1-18(12-15-31-17-30(6)24-22(31)23(27)28-16-29-24)10-13-25(4)20(3)11-14-26(5)19(2)8-7-9-21(25)26/h8,12,16,20-21H,7,9-11,13-15,17H2,1-6H3,(H2,27,28,29)/t20-,21-,25+,26+/m1/s1. The molecular weight excluding hydrogens is 382 g/mol. The maximum absolute atomic E-state index is 6.16. The number of allylic oxidation sites excluding steroid dienone is 3. The summed E-state index contributed by atoms with van der Waals surface area (Å²) in [6.07, 6.45) is 14.2. The molecule has 2 N–H and O–H groups in total. The molecule has 0 spiro atoms. The van der Waals surface area contributed by atoms with Crippen LogP contribution >= 0.6 is 0 Å². The molecule has 0 unspecified atom stereocenters. The van der Waals surface area contributed by atoms with Crippen LogP contribution in [0.4, 0.5) is 17.3 Å². The van der Waals surface area contributed by atoms with Gasteiger partial charge in [0, 0.05) is 13.6 Å². The Labute approximate surface area is 188 Å². The van der Waals surface area contributed by atoms with E-state index in [1.54, 1.807) is 11.9 Å². The lowest BCUT2D eigenvalue weighted by atomic mass is 9.47. The predicted octanol–water partition coefficient (Wildman–Crippen LogP) is 5.80. The van der Waals surface area contributed by atoms with E-state index in [9.17, 15) is 0 Å². The number of hydrogen-bond donors (Lipinski definition) is 1. The lowest BCUT2D eigenvalue weighted by Gasteiger charge is -2.58. The largest absolute Gasteiger partial charge is 0.382 e. The zero-order chi connectivity index (χ0) is 22.4. The number of nitrogens with zero attached hydrogens (tertiary/aromatic N) is 4. The Kier molecular flexibility index (Phi) is 5.82. The topological polar surface area (TPSA) is 58.3 Å². The molecule has 1 fully saturated rings. The minimum absolute atomic E-state index is 0.401. The molecule has 0 amide bonds. The molecule has 4 atom stereocenters. The Morgan fingerprint density at radius 1 is 1.29 bits per heavy atom. The van der Waals surface area contributed by atoms with Crippen molar-refractivity contribution < 1.29 is 0 Å². The van der Waals surface area contributed by atoms with E-state index in [1.807, 2.05) is 0 Å². The van der Waals surface area contributed by atoms with Crippen molar-refractivity contribution in [3.8, 4) is 0 Å². The molecule has 31 heavy (non-hydrogen) atoms. The summed E-state index contributed by atoms with van der Waals surface area (Å²) in [7, 11) is 2.06. The smallest absolute Gasteiger partial charge is 0.159 e. The first-order chi connectivity index (χ1) is 14.7. The Balaban J connectivity index is 1.44. The maximum Gasteiger partial charge on any atom is 0.159 e. The van der Waals surface area contributed by atoms with E-state index in [1.165, 1.54) is 44.1 Å². The highest BCUT2D eigenvalue weighted by atomic mass is 15.4. The fourth-order valence-corrected chi connectivity index (χ4v) is 6.67. The molecule has 1 saturated carbocycles. The fraction of sp³-hybridized carbons (Fsp3) is 0.692. The molecule has 0 saturated heterocycles. The second-order valence-corrected chi connectivity index (χ2v) is 10.9. The van der Waals surface area contributed by atoms with E-state index in [0.717, 1.165) is 36.6 Å². The molecule has 0 radical (unpaired) electrons. The monoisotopic (exact) mass is 423 g/mol. The quantitative estimate of drug-likeness (QED) is 0.607. The SMILES string of the molecule is CC(=CCN1CN(C)c2ncnc(N)c21)CC[C@@]1(C)[C@H](C)CC[C@@]2(C)C(C)=CCC[C@H]12. The first-order valence-corrected chi connectivity index (χ1v) is 12.1. The average molecular weight is 424 g/mol. The second kappa shape index (κ2) is 8.14. The van der Waals surface area contributed by atoms with Crippen LogP contribution in [0.25, 0.3) is 0 Å². The predicted molar refractivity (Wildman–Crippen MR) is 131 cm³/mol. The average Bonchev–Trinajstić information content (AvgIpc) is 3.07. The lowest BCUT2D eigenvalue weighted by molar-refractivity contribution is -0.0466. The molecule has 2 aliphatic carbocycles. The van der Waals surface area contributed by atoms with Crippen LogP contribution in [0.15, 0.2) is 29.6 Å². The first kappa shape index (κ1) is 22.2. The van der Waals surface area contributed by atoms with Crippen molar-refractivity contribution in [2.45, 2.75) is 73.1 Å². The number of aromatic nitrogens is 2. The van der Waals surface area contributed by atoms with Crippen LogP contribution < -0.4 is 15.5 Å². The van der Waals surface area contributed by atoms with Gasteiger partial charge in [0.25, 0.3) is 0 Å². The second-order valence-electron chi connectivity index (χ2n) is 10.9. The van der Waals surface area contributed by atoms with Gasteiger partial charge in [0.05, 0.1) is 6.67 Å². The fourth-order valence-electron chi connectivity index (χ4n) is 6.67. The molecule has 1 aliphatic heterocycles. The summed E-state index contributed by atoms with van der Waals surface area (Å²) in [6, 6.07) is 0. The number of rotatable bonds is 5. The molecule has 0 aromatic carbocycles. The maximum atomic E-state index is 6.16. The van der Waals surface area contributed by atoms with Gasteiger partial charge in [-0.15, -0.1) is 0 Å². The molecule has 4 rings (SSSR count). The van der Waals surface area contributed by atoms with Gasteiger partial charge in [0.1, 0.15) is 12.0 Å². The van der Waals surface area contributed by atoms with Crippen molar-refractivity contribution in [3.05, 3.63) is 29.6 Å². The van der Waals surface area contributed by atoms with Crippen molar-refractivity contribution in [2.24, 2.45) is 22.7 Å². The first-order valence-electron chi connectivity index (χ1n) is 12.1. The van der Waals surface area contributed by atoms with E-state index in [0.29, 0.717) is 16.6 Å². The highest BCUT2D eigenvalue weighted by molar-refractivity contribution is 5.81. The van der Waals surface area contributed by atoms with Gasteiger partial charge in [-0.2, -0.15) is 0 Å². The molecule has 2 heterocycles. The van der Waals surface area contributed by atoms with Crippen LogP contribution in [0.2, 0.25) is 0 Å². The Morgan fingerprint density at radius 2 is 2.06 bits per heavy atom. The Morgan fingerprint density at radius 3 is 2.84 bits per heavy atom. The Hall–Kier alpha value is -2.04. The molecule has 5 heteroatoms. The summed E-state index contributed by atoms with van der Waals surface area (Å²) in [6.45, 7) is 14.0. The van der Waals surface area contributed by atoms with E-state index in [-0.39, 0.29) is 0 Å². The molecule has 3 aliphatic rings. The summed E-state index contributed by atoms with van der Waals surface area (Å²) < 4.78 is 0. The number of nitrogens with two attached hydrogens (primary N) is 1. The summed E-state index contributed by atoms with van der Waals surface area (Å²) in [5.41, 5.74) is 11.1. The summed E-state index contributed by atoms with van der Waals surface area (Å²) in [5.74, 6) is 3.10. The van der Waals surface area contributed by atoms with Gasteiger partial charge in [-0.1, -0.05) is 44.1 Å². The van der Waals surface area contributed by atoms with Gasteiger partial charge in [0.15, 0.2) is 11.6 Å². The minimum atomic E-state index is 0.401. The van der Waals surface area contributed by atoms with E-state index in [4.69, 9.17) is 5.73 Å². The third-order valence-electron chi connectivity index (χ3n) is 9.20. The summed E-state index contributed by atoms with van der Waals surface area (Å²) in [5, 5.41) is 0. The van der Waals surface area contributed by atoms with E-state index >= 15 is 0 Å². The minimum Gasteiger partial charge on any atom is -0.382 e. The molecule has 1 aromatic heterocycles. The van der Waals surface area contributed by atoms with Crippen molar-refractivity contribution in [3.63, 3.8) is 0 Å². The van der Waals surface area contributed by atoms with Crippen LogP contribution in [-0.4, -0.2) is 30.2 Å². The van der Waals surface area contributed by atoms with Crippen LogP contribution in [0.5, 0.6) is 0 Å². The van der Waals surface area contributed by atoms with E-state index in [2.05, 4.69) is 73.6 Å². The van der Waals surface area contributed by atoms with Crippen LogP contribution in [0.1, 0.15) is 73.1 Å². The molecule has 170 valence electrons. The number of anilines is 3. The van der Waals surface area contributed by atoms with Gasteiger partial charge in [-0.3, -0.25) is 0 Å². The van der Waals surface area contributed by atoms with Crippen LogP contribution in [-0.2, 0) is 0 Å². The molecular formula is C26H41N5. The molecule has 0 bridgehead atoms. The summed E-state index contributed by atoms with van der Waals surface area (Å²) in [4.78, 5) is 13.0. The molecule has 5 nitrogen and oxygen atoms in total. The third-order valence-corrected chi connectivity index (χ3v) is 9.20.